The number of aryl methyl sites for hydroxylation is 1. The van der Waals surface area contributed by atoms with Crippen LogP contribution in [0.3, 0.4) is 0 Å². The lowest BCUT2D eigenvalue weighted by Crippen LogP contribution is -2.18. The van der Waals surface area contributed by atoms with E-state index in [1.54, 1.807) is 11.3 Å². The minimum absolute atomic E-state index is 0.288. The van der Waals surface area contributed by atoms with Gasteiger partial charge in [-0.2, -0.15) is 5.10 Å². The normalized spacial score (nSPS) is 12.9. The molecule has 3 nitrogen and oxygen atoms in total. The van der Waals surface area contributed by atoms with E-state index in [0.29, 0.717) is 0 Å². The van der Waals surface area contributed by atoms with E-state index in [4.69, 9.17) is 5.10 Å². The Kier molecular flexibility index (Phi) is 4.42. The van der Waals surface area contributed by atoms with Crippen LogP contribution in [0.25, 0.3) is 10.9 Å². The molecule has 2 heterocycles. The predicted molar refractivity (Wildman–Crippen MR) is 92.9 cm³/mol. The molecule has 0 aliphatic carbocycles. The van der Waals surface area contributed by atoms with Crippen LogP contribution in [-0.4, -0.2) is 16.8 Å². The van der Waals surface area contributed by atoms with Crippen molar-refractivity contribution < 1.29 is 0 Å². The average molecular weight is 364 g/mol. The summed E-state index contributed by atoms with van der Waals surface area (Å²) in [6.07, 6.45) is 0.896. The highest BCUT2D eigenvalue weighted by Gasteiger charge is 2.16. The van der Waals surface area contributed by atoms with Crippen molar-refractivity contribution in [1.29, 1.82) is 0 Å². The lowest BCUT2D eigenvalue weighted by atomic mass is 10.0. The van der Waals surface area contributed by atoms with Crippen molar-refractivity contribution in [2.45, 2.75) is 25.9 Å². The van der Waals surface area contributed by atoms with Gasteiger partial charge in [0.1, 0.15) is 0 Å². The Hall–Kier alpha value is -1.17. The molecule has 1 unspecified atom stereocenters. The first kappa shape index (κ1) is 14.8. The summed E-state index contributed by atoms with van der Waals surface area (Å²) in [5.74, 6) is 0. The van der Waals surface area contributed by atoms with E-state index in [2.05, 4.69) is 68.6 Å². The summed E-state index contributed by atoms with van der Waals surface area (Å²) in [7, 11) is 2.01. The van der Waals surface area contributed by atoms with Crippen LogP contribution in [0.2, 0.25) is 0 Å². The summed E-state index contributed by atoms with van der Waals surface area (Å²) in [5.41, 5.74) is 3.69. The number of halogens is 1. The fourth-order valence-corrected chi connectivity index (χ4v) is 3.90. The number of para-hydroxylation sites is 1. The van der Waals surface area contributed by atoms with Crippen LogP contribution < -0.4 is 5.32 Å². The van der Waals surface area contributed by atoms with E-state index in [1.165, 1.54) is 20.3 Å². The summed E-state index contributed by atoms with van der Waals surface area (Å²) in [6.45, 7) is 3.03. The molecule has 110 valence electrons. The number of fused-ring (bicyclic) bond motifs is 1. The minimum atomic E-state index is 0.288. The zero-order chi connectivity index (χ0) is 14.8. The molecular formula is C16H18BrN3S. The zero-order valence-electron chi connectivity index (χ0n) is 12.1. The maximum absolute atomic E-state index is 4.80. The third-order valence-electron chi connectivity index (χ3n) is 3.77. The first-order chi connectivity index (χ1) is 10.2. The smallest absolute Gasteiger partial charge is 0.0722 e. The largest absolute Gasteiger partial charge is 0.313 e. The second-order valence-electron chi connectivity index (χ2n) is 5.01. The fraction of sp³-hybridized carbons (Fsp3) is 0.312. The second kappa shape index (κ2) is 6.30. The van der Waals surface area contributed by atoms with Crippen LogP contribution >= 0.6 is 27.3 Å². The molecule has 0 radical (unpaired) electrons. The van der Waals surface area contributed by atoms with Gasteiger partial charge in [0, 0.05) is 24.4 Å². The van der Waals surface area contributed by atoms with Gasteiger partial charge in [0.25, 0.3) is 0 Å². The summed E-state index contributed by atoms with van der Waals surface area (Å²) < 4.78 is 3.25. The predicted octanol–water partition coefficient (Wildman–Crippen LogP) is 4.38. The molecule has 0 saturated carbocycles. The highest BCUT2D eigenvalue weighted by molar-refractivity contribution is 9.11. The fourth-order valence-electron chi connectivity index (χ4n) is 2.67. The van der Waals surface area contributed by atoms with Crippen LogP contribution in [-0.2, 0) is 13.0 Å². The highest BCUT2D eigenvalue weighted by Crippen LogP contribution is 2.29. The molecule has 0 fully saturated rings. The Morgan fingerprint density at radius 2 is 2.19 bits per heavy atom. The molecule has 0 spiro atoms. The van der Waals surface area contributed by atoms with Gasteiger partial charge in [-0.15, -0.1) is 11.3 Å². The van der Waals surface area contributed by atoms with Crippen molar-refractivity contribution in [3.63, 3.8) is 0 Å². The Labute approximate surface area is 137 Å². The Morgan fingerprint density at radius 1 is 1.38 bits per heavy atom. The quantitative estimate of drug-likeness (QED) is 0.728. The van der Waals surface area contributed by atoms with Gasteiger partial charge in [0.05, 0.1) is 15.0 Å². The minimum Gasteiger partial charge on any atom is -0.313 e. The summed E-state index contributed by atoms with van der Waals surface area (Å²) in [5, 5.41) is 11.7. The second-order valence-corrected chi connectivity index (χ2v) is 7.30. The molecule has 1 atom stereocenters. The van der Waals surface area contributed by atoms with Crippen LogP contribution in [0.15, 0.2) is 39.5 Å². The van der Waals surface area contributed by atoms with E-state index in [9.17, 15) is 0 Å². The molecule has 0 aliphatic rings. The summed E-state index contributed by atoms with van der Waals surface area (Å²) in [6, 6.07) is 10.9. The molecule has 1 aromatic carbocycles. The van der Waals surface area contributed by atoms with Gasteiger partial charge >= 0.3 is 0 Å². The average Bonchev–Trinajstić information content (AvgIpc) is 3.09. The van der Waals surface area contributed by atoms with E-state index >= 15 is 0 Å². The lowest BCUT2D eigenvalue weighted by molar-refractivity contribution is 0.574. The standard InChI is InChI=1S/C16H18BrN3S/c1-3-20-15-7-5-4-6-12(15)14(19-20)9-13(18-2)11-8-16(17)21-10-11/h4-8,10,13,18H,3,9H2,1-2H3. The number of hydrogen-bond acceptors (Lipinski definition) is 3. The molecule has 0 bridgehead atoms. The number of hydrogen-bond donors (Lipinski definition) is 1. The van der Waals surface area contributed by atoms with Crippen LogP contribution in [0.4, 0.5) is 0 Å². The number of aromatic nitrogens is 2. The van der Waals surface area contributed by atoms with Gasteiger partial charge < -0.3 is 5.32 Å². The topological polar surface area (TPSA) is 29.9 Å². The molecule has 2 aromatic heterocycles. The lowest BCUT2D eigenvalue weighted by Gasteiger charge is -2.13. The summed E-state index contributed by atoms with van der Waals surface area (Å²) in [4.78, 5) is 0. The Bertz CT molecular complexity index is 747. The monoisotopic (exact) mass is 363 g/mol. The van der Waals surface area contributed by atoms with E-state index in [-0.39, 0.29) is 6.04 Å². The molecule has 3 rings (SSSR count). The van der Waals surface area contributed by atoms with Crippen molar-refractivity contribution in [1.82, 2.24) is 15.1 Å². The SMILES string of the molecule is CCn1nc(CC(NC)c2csc(Br)c2)c2ccccc21. The van der Waals surface area contributed by atoms with Crippen molar-refractivity contribution in [3.05, 3.63) is 50.8 Å². The van der Waals surface area contributed by atoms with Crippen molar-refractivity contribution >= 4 is 38.2 Å². The molecular weight excluding hydrogens is 346 g/mol. The van der Waals surface area contributed by atoms with Crippen molar-refractivity contribution in [2.75, 3.05) is 7.05 Å². The van der Waals surface area contributed by atoms with Gasteiger partial charge in [0.2, 0.25) is 0 Å². The maximum atomic E-state index is 4.80. The number of benzene rings is 1. The molecule has 0 saturated heterocycles. The molecule has 5 heteroatoms. The number of likely N-dealkylation sites (N-methyl/N-ethyl adjacent to an activating group) is 1. The van der Waals surface area contributed by atoms with Crippen molar-refractivity contribution in [3.8, 4) is 0 Å². The molecule has 3 aromatic rings. The number of thiophene rings is 1. The summed E-state index contributed by atoms with van der Waals surface area (Å²) >= 11 is 5.26. The van der Waals surface area contributed by atoms with Crippen LogP contribution in [0.1, 0.15) is 24.2 Å². The molecule has 0 amide bonds. The molecule has 1 N–H and O–H groups in total. The van der Waals surface area contributed by atoms with Crippen LogP contribution in [0.5, 0.6) is 0 Å². The zero-order valence-corrected chi connectivity index (χ0v) is 14.5. The number of rotatable bonds is 5. The Morgan fingerprint density at radius 3 is 2.86 bits per heavy atom. The molecule has 0 aliphatic heterocycles. The first-order valence-electron chi connectivity index (χ1n) is 7.08. The van der Waals surface area contributed by atoms with Gasteiger partial charge in [-0.1, -0.05) is 18.2 Å². The number of nitrogens with zero attached hydrogens (tertiary/aromatic N) is 2. The number of nitrogens with one attached hydrogen (secondary N) is 1. The van der Waals surface area contributed by atoms with Crippen molar-refractivity contribution in [2.24, 2.45) is 0 Å². The van der Waals surface area contributed by atoms with Gasteiger partial charge in [0.15, 0.2) is 0 Å². The highest BCUT2D eigenvalue weighted by atomic mass is 79.9. The van der Waals surface area contributed by atoms with Gasteiger partial charge in [-0.05, 0) is 53.0 Å². The first-order valence-corrected chi connectivity index (χ1v) is 8.75. The molecule has 21 heavy (non-hydrogen) atoms. The third-order valence-corrected chi connectivity index (χ3v) is 5.29. The van der Waals surface area contributed by atoms with E-state index in [0.717, 1.165) is 18.7 Å². The maximum Gasteiger partial charge on any atom is 0.0722 e. The van der Waals surface area contributed by atoms with E-state index in [1.807, 2.05) is 7.05 Å². The van der Waals surface area contributed by atoms with E-state index < -0.39 is 0 Å². The van der Waals surface area contributed by atoms with Gasteiger partial charge in [-0.3, -0.25) is 4.68 Å². The Balaban J connectivity index is 1.97. The third kappa shape index (κ3) is 2.91. The van der Waals surface area contributed by atoms with Gasteiger partial charge in [-0.25, -0.2) is 0 Å². The van der Waals surface area contributed by atoms with Crippen LogP contribution in [0, 0.1) is 0 Å².